The van der Waals surface area contributed by atoms with E-state index in [4.69, 9.17) is 0 Å². The molecule has 20 heavy (non-hydrogen) atoms. The molecule has 0 spiro atoms. The Kier molecular flexibility index (Phi) is 3.52. The van der Waals surface area contributed by atoms with E-state index in [1.165, 1.54) is 11.3 Å². The summed E-state index contributed by atoms with van der Waals surface area (Å²) in [6.07, 6.45) is 0.353. The van der Waals surface area contributed by atoms with E-state index in [0.717, 1.165) is 5.69 Å². The molecule has 1 N–H and O–H groups in total. The lowest BCUT2D eigenvalue weighted by Crippen LogP contribution is -2.36. The van der Waals surface area contributed by atoms with Crippen LogP contribution in [0.2, 0.25) is 0 Å². The summed E-state index contributed by atoms with van der Waals surface area (Å²) in [4.78, 5) is 26.4. The fourth-order valence-electron chi connectivity index (χ4n) is 2.33. The van der Waals surface area contributed by atoms with Crippen LogP contribution in [0.5, 0.6) is 0 Å². The van der Waals surface area contributed by atoms with E-state index in [0.29, 0.717) is 17.8 Å². The minimum atomic E-state index is -0.127. The van der Waals surface area contributed by atoms with Crippen LogP contribution < -0.4 is 10.2 Å². The zero-order valence-electron chi connectivity index (χ0n) is 10.8. The van der Waals surface area contributed by atoms with Crippen LogP contribution in [0.1, 0.15) is 16.1 Å². The third-order valence-corrected chi connectivity index (χ3v) is 4.14. The Morgan fingerprint density at radius 1 is 1.20 bits per heavy atom. The summed E-state index contributed by atoms with van der Waals surface area (Å²) >= 11 is 1.40. The molecule has 5 heteroatoms. The average Bonchev–Trinajstić information content (AvgIpc) is 3.09. The quantitative estimate of drug-likeness (QED) is 0.941. The Morgan fingerprint density at radius 3 is 2.70 bits per heavy atom. The molecule has 2 amide bonds. The van der Waals surface area contributed by atoms with Crippen LogP contribution in [0.15, 0.2) is 47.8 Å². The third-order valence-electron chi connectivity index (χ3n) is 3.27. The number of hydrogen-bond donors (Lipinski definition) is 1. The van der Waals surface area contributed by atoms with E-state index in [1.54, 1.807) is 11.0 Å². The maximum Gasteiger partial charge on any atom is 0.261 e. The molecule has 0 bridgehead atoms. The number of hydrogen-bond acceptors (Lipinski definition) is 3. The van der Waals surface area contributed by atoms with E-state index in [1.807, 2.05) is 41.8 Å². The summed E-state index contributed by atoms with van der Waals surface area (Å²) < 4.78 is 0. The van der Waals surface area contributed by atoms with Crippen molar-refractivity contribution in [2.45, 2.75) is 12.5 Å². The number of thiophene rings is 1. The Morgan fingerprint density at radius 2 is 2.00 bits per heavy atom. The monoisotopic (exact) mass is 286 g/mol. The zero-order chi connectivity index (χ0) is 13.9. The van der Waals surface area contributed by atoms with Gasteiger partial charge in [0.15, 0.2) is 0 Å². The Hall–Kier alpha value is -2.14. The molecule has 4 nitrogen and oxygen atoms in total. The number of carbonyl (C=O) groups is 2. The molecule has 0 saturated carbocycles. The lowest BCUT2D eigenvalue weighted by Gasteiger charge is -2.16. The van der Waals surface area contributed by atoms with E-state index in [2.05, 4.69) is 5.32 Å². The van der Waals surface area contributed by atoms with Crippen molar-refractivity contribution < 1.29 is 9.59 Å². The maximum absolute atomic E-state index is 12.0. The lowest BCUT2D eigenvalue weighted by molar-refractivity contribution is -0.117. The van der Waals surface area contributed by atoms with Crippen LogP contribution in [0.3, 0.4) is 0 Å². The second-order valence-electron chi connectivity index (χ2n) is 4.69. The topological polar surface area (TPSA) is 49.4 Å². The smallest absolute Gasteiger partial charge is 0.261 e. The van der Waals surface area contributed by atoms with Crippen molar-refractivity contribution in [1.82, 2.24) is 5.32 Å². The van der Waals surface area contributed by atoms with Crippen molar-refractivity contribution in [2.75, 3.05) is 11.4 Å². The predicted octanol–water partition coefficient (Wildman–Crippen LogP) is 2.28. The first kappa shape index (κ1) is 12.9. The fraction of sp³-hybridized carbons (Fsp3) is 0.200. The molecule has 1 aromatic carbocycles. The Labute approximate surface area is 121 Å². The third kappa shape index (κ3) is 2.58. The Bertz CT molecular complexity index is 610. The number of rotatable bonds is 3. The van der Waals surface area contributed by atoms with Gasteiger partial charge in [-0.2, -0.15) is 0 Å². The number of anilines is 1. The second kappa shape index (κ2) is 5.46. The molecule has 102 valence electrons. The molecular formula is C15H14N2O2S. The minimum Gasteiger partial charge on any atom is -0.346 e. The number of para-hydroxylation sites is 1. The highest BCUT2D eigenvalue weighted by molar-refractivity contribution is 7.12. The first-order valence-corrected chi connectivity index (χ1v) is 7.32. The summed E-state index contributed by atoms with van der Waals surface area (Å²) in [7, 11) is 0. The SMILES string of the molecule is O=C(N[C@H]1CC(=O)N(c2ccccc2)C1)c1cccs1. The molecule has 0 unspecified atom stereocenters. The second-order valence-corrected chi connectivity index (χ2v) is 5.64. The molecule has 1 aliphatic heterocycles. The highest BCUT2D eigenvalue weighted by Crippen LogP contribution is 2.21. The van der Waals surface area contributed by atoms with Gasteiger partial charge >= 0.3 is 0 Å². The standard InChI is InChI=1S/C15H14N2O2S/c18-14-9-11(16-15(19)13-7-4-8-20-13)10-17(14)12-5-2-1-3-6-12/h1-8,11H,9-10H2,(H,16,19)/t11-/m0/s1. The van der Waals surface area contributed by atoms with Gasteiger partial charge < -0.3 is 10.2 Å². The van der Waals surface area contributed by atoms with Crippen molar-refractivity contribution in [1.29, 1.82) is 0 Å². The van der Waals surface area contributed by atoms with Gasteiger partial charge in [0.1, 0.15) is 0 Å². The lowest BCUT2D eigenvalue weighted by atomic mass is 10.2. The summed E-state index contributed by atoms with van der Waals surface area (Å²) in [6, 6.07) is 13.0. The van der Waals surface area contributed by atoms with Gasteiger partial charge in [-0.25, -0.2) is 0 Å². The van der Waals surface area contributed by atoms with Gasteiger partial charge in [0, 0.05) is 18.7 Å². The molecule has 2 heterocycles. The van der Waals surface area contributed by atoms with Crippen LogP contribution in [0.4, 0.5) is 5.69 Å². The number of carbonyl (C=O) groups excluding carboxylic acids is 2. The largest absolute Gasteiger partial charge is 0.346 e. The van der Waals surface area contributed by atoms with Crippen molar-refractivity contribution in [2.24, 2.45) is 0 Å². The van der Waals surface area contributed by atoms with Gasteiger partial charge in [0.25, 0.3) is 5.91 Å². The first-order chi connectivity index (χ1) is 9.74. The number of amides is 2. The van der Waals surface area contributed by atoms with Crippen molar-refractivity contribution in [3.63, 3.8) is 0 Å². The molecule has 1 fully saturated rings. The maximum atomic E-state index is 12.0. The average molecular weight is 286 g/mol. The summed E-state index contributed by atoms with van der Waals surface area (Å²) in [5.41, 5.74) is 0.880. The van der Waals surface area contributed by atoms with Gasteiger partial charge in [-0.15, -0.1) is 11.3 Å². The minimum absolute atomic E-state index is 0.0488. The molecule has 1 aliphatic rings. The van der Waals surface area contributed by atoms with Crippen LogP contribution in [0.25, 0.3) is 0 Å². The molecule has 3 rings (SSSR count). The molecule has 1 saturated heterocycles. The van der Waals surface area contributed by atoms with E-state index < -0.39 is 0 Å². The first-order valence-electron chi connectivity index (χ1n) is 6.44. The molecule has 1 atom stereocenters. The van der Waals surface area contributed by atoms with Gasteiger partial charge in [-0.3, -0.25) is 9.59 Å². The van der Waals surface area contributed by atoms with Crippen LogP contribution in [-0.4, -0.2) is 24.4 Å². The number of nitrogens with zero attached hydrogens (tertiary/aromatic N) is 1. The van der Waals surface area contributed by atoms with Gasteiger partial charge in [-0.1, -0.05) is 24.3 Å². The van der Waals surface area contributed by atoms with Gasteiger partial charge in [0.2, 0.25) is 5.91 Å². The number of nitrogens with one attached hydrogen (secondary N) is 1. The normalized spacial score (nSPS) is 18.3. The van der Waals surface area contributed by atoms with Crippen LogP contribution in [-0.2, 0) is 4.79 Å². The van der Waals surface area contributed by atoms with E-state index in [-0.39, 0.29) is 17.9 Å². The van der Waals surface area contributed by atoms with Crippen molar-refractivity contribution >= 4 is 28.8 Å². The fourth-order valence-corrected chi connectivity index (χ4v) is 2.95. The zero-order valence-corrected chi connectivity index (χ0v) is 11.6. The van der Waals surface area contributed by atoms with Crippen molar-refractivity contribution in [3.8, 4) is 0 Å². The van der Waals surface area contributed by atoms with Gasteiger partial charge in [0.05, 0.1) is 10.9 Å². The molecule has 0 aliphatic carbocycles. The highest BCUT2D eigenvalue weighted by Gasteiger charge is 2.31. The number of benzene rings is 1. The van der Waals surface area contributed by atoms with Crippen LogP contribution in [0, 0.1) is 0 Å². The van der Waals surface area contributed by atoms with Crippen molar-refractivity contribution in [3.05, 3.63) is 52.7 Å². The molecule has 0 radical (unpaired) electrons. The van der Waals surface area contributed by atoms with Crippen LogP contribution >= 0.6 is 11.3 Å². The molecular weight excluding hydrogens is 272 g/mol. The predicted molar refractivity (Wildman–Crippen MR) is 79.0 cm³/mol. The molecule has 2 aromatic rings. The van der Waals surface area contributed by atoms with E-state index in [9.17, 15) is 9.59 Å². The Balaban J connectivity index is 1.67. The highest BCUT2D eigenvalue weighted by atomic mass is 32.1. The summed E-state index contributed by atoms with van der Waals surface area (Å²) in [5.74, 6) is -0.0552. The van der Waals surface area contributed by atoms with Gasteiger partial charge in [-0.05, 0) is 23.6 Å². The van der Waals surface area contributed by atoms with E-state index >= 15 is 0 Å². The summed E-state index contributed by atoms with van der Waals surface area (Å²) in [6.45, 7) is 0.528. The molecule has 1 aromatic heterocycles. The summed E-state index contributed by atoms with van der Waals surface area (Å²) in [5, 5.41) is 4.79.